The molecule has 0 unspecified atom stereocenters. The number of anilines is 1. The molecule has 0 saturated carbocycles. The zero-order valence-electron chi connectivity index (χ0n) is 14.8. The maximum absolute atomic E-state index is 13.5. The van der Waals surface area contributed by atoms with Gasteiger partial charge in [0.2, 0.25) is 21.8 Å². The van der Waals surface area contributed by atoms with Crippen LogP contribution in [0.4, 0.5) is 10.1 Å². The van der Waals surface area contributed by atoms with Crippen molar-refractivity contribution in [3.8, 4) is 0 Å². The summed E-state index contributed by atoms with van der Waals surface area (Å²) in [4.78, 5) is 28.4. The van der Waals surface area contributed by atoms with E-state index in [2.05, 4.69) is 0 Å². The van der Waals surface area contributed by atoms with Crippen molar-refractivity contribution < 1.29 is 27.1 Å². The fraction of sp³-hybridized carbons (Fsp3) is 0.529. The Bertz CT molecular complexity index is 908. The molecule has 3 aliphatic rings. The van der Waals surface area contributed by atoms with Crippen molar-refractivity contribution in [3.63, 3.8) is 0 Å². The maximum Gasteiger partial charge on any atom is 0.243 e. The number of amides is 2. The van der Waals surface area contributed by atoms with E-state index in [-0.39, 0.29) is 18.0 Å². The molecule has 4 rings (SSSR count). The molecular formula is C17H20FN3O5S. The van der Waals surface area contributed by atoms with Gasteiger partial charge in [0.05, 0.1) is 31.0 Å². The number of rotatable bonds is 4. The monoisotopic (exact) mass is 397 g/mol. The van der Waals surface area contributed by atoms with Gasteiger partial charge in [-0.15, -0.1) is 0 Å². The number of nitrogens with zero attached hydrogens (tertiary/aromatic N) is 3. The van der Waals surface area contributed by atoms with Gasteiger partial charge in [0.1, 0.15) is 12.4 Å². The van der Waals surface area contributed by atoms with Gasteiger partial charge >= 0.3 is 0 Å². The van der Waals surface area contributed by atoms with Crippen LogP contribution in [0, 0.1) is 5.82 Å². The number of halogens is 1. The molecule has 3 heterocycles. The minimum absolute atomic E-state index is 0.0555. The predicted molar refractivity (Wildman–Crippen MR) is 93.7 cm³/mol. The van der Waals surface area contributed by atoms with E-state index in [4.69, 9.17) is 4.74 Å². The molecule has 146 valence electrons. The number of hydrogen-bond donors (Lipinski definition) is 0. The van der Waals surface area contributed by atoms with E-state index in [1.54, 1.807) is 4.90 Å². The van der Waals surface area contributed by atoms with E-state index in [0.717, 1.165) is 16.6 Å². The fourth-order valence-corrected chi connectivity index (χ4v) is 5.18. The van der Waals surface area contributed by atoms with Crippen LogP contribution in [0.2, 0.25) is 0 Å². The Balaban J connectivity index is 1.58. The molecule has 3 aliphatic heterocycles. The minimum Gasteiger partial charge on any atom is -0.351 e. The first kappa shape index (κ1) is 18.2. The Morgan fingerprint density at radius 2 is 2.19 bits per heavy atom. The molecule has 1 spiro atoms. The SMILES string of the molecule is CS(=O)(=O)N(CC(=O)N1CC[C@@]23OCCN2C(=O)C[C@@H]13)c1cccc(F)c1. The maximum atomic E-state index is 13.5. The lowest BCUT2D eigenvalue weighted by Crippen LogP contribution is -2.50. The molecule has 0 aromatic heterocycles. The van der Waals surface area contributed by atoms with E-state index in [9.17, 15) is 22.4 Å². The number of ether oxygens (including phenoxy) is 1. The Kier molecular flexibility index (Phi) is 4.15. The highest BCUT2D eigenvalue weighted by Crippen LogP contribution is 2.45. The second-order valence-electron chi connectivity index (χ2n) is 7.05. The molecule has 3 fully saturated rings. The van der Waals surface area contributed by atoms with Crippen LogP contribution in [0.3, 0.4) is 0 Å². The van der Waals surface area contributed by atoms with Gasteiger partial charge in [-0.25, -0.2) is 12.8 Å². The third-order valence-electron chi connectivity index (χ3n) is 5.50. The smallest absolute Gasteiger partial charge is 0.243 e. The van der Waals surface area contributed by atoms with Gasteiger partial charge < -0.3 is 14.5 Å². The third kappa shape index (κ3) is 2.87. The first-order chi connectivity index (χ1) is 12.7. The van der Waals surface area contributed by atoms with Crippen LogP contribution in [0.5, 0.6) is 0 Å². The second-order valence-corrected chi connectivity index (χ2v) is 8.95. The topological polar surface area (TPSA) is 87.2 Å². The number of sulfonamides is 1. The molecule has 0 N–H and O–H groups in total. The summed E-state index contributed by atoms with van der Waals surface area (Å²) in [6.07, 6.45) is 1.65. The Morgan fingerprint density at radius 1 is 1.41 bits per heavy atom. The van der Waals surface area contributed by atoms with Gasteiger partial charge in [-0.05, 0) is 18.2 Å². The van der Waals surface area contributed by atoms with Crippen molar-refractivity contribution in [2.75, 3.05) is 36.8 Å². The first-order valence-electron chi connectivity index (χ1n) is 8.69. The molecule has 0 aliphatic carbocycles. The fourth-order valence-electron chi connectivity index (χ4n) is 4.34. The zero-order chi connectivity index (χ0) is 19.4. The summed E-state index contributed by atoms with van der Waals surface area (Å²) < 4.78 is 44.7. The average molecular weight is 397 g/mol. The van der Waals surface area contributed by atoms with E-state index in [1.165, 1.54) is 23.1 Å². The number of likely N-dealkylation sites (tertiary alicyclic amines) is 1. The average Bonchev–Trinajstić information content (AvgIpc) is 3.22. The van der Waals surface area contributed by atoms with Crippen LogP contribution in [-0.4, -0.2) is 74.3 Å². The van der Waals surface area contributed by atoms with Crippen molar-refractivity contribution in [2.24, 2.45) is 0 Å². The standard InChI is InChI=1S/C17H20FN3O5S/c1-27(24,25)21(13-4-2-3-12(18)9-13)11-16(23)19-6-5-17-14(19)10-15(22)20(17)7-8-26-17/h2-4,9,14H,5-8,10-11H2,1H3/t14-,17+/m1/s1. The highest BCUT2D eigenvalue weighted by molar-refractivity contribution is 7.92. The summed E-state index contributed by atoms with van der Waals surface area (Å²) in [7, 11) is -3.80. The summed E-state index contributed by atoms with van der Waals surface area (Å²) in [5.41, 5.74) is -0.692. The van der Waals surface area contributed by atoms with Gasteiger partial charge in [0.25, 0.3) is 0 Å². The number of carbonyl (C=O) groups excluding carboxylic acids is 2. The number of carbonyl (C=O) groups is 2. The van der Waals surface area contributed by atoms with E-state index < -0.39 is 40.1 Å². The van der Waals surface area contributed by atoms with Crippen LogP contribution in [-0.2, 0) is 24.3 Å². The van der Waals surface area contributed by atoms with Crippen molar-refractivity contribution in [3.05, 3.63) is 30.1 Å². The van der Waals surface area contributed by atoms with Crippen molar-refractivity contribution in [2.45, 2.75) is 24.6 Å². The molecule has 0 radical (unpaired) electrons. The second kappa shape index (κ2) is 6.16. The van der Waals surface area contributed by atoms with Crippen molar-refractivity contribution in [1.29, 1.82) is 0 Å². The summed E-state index contributed by atoms with van der Waals surface area (Å²) >= 11 is 0. The summed E-state index contributed by atoms with van der Waals surface area (Å²) in [6.45, 7) is 0.871. The van der Waals surface area contributed by atoms with Crippen molar-refractivity contribution >= 4 is 27.5 Å². The Hall–Kier alpha value is -2.20. The largest absolute Gasteiger partial charge is 0.351 e. The van der Waals surface area contributed by atoms with Gasteiger partial charge in [-0.1, -0.05) is 6.07 Å². The van der Waals surface area contributed by atoms with Gasteiger partial charge in [0, 0.05) is 19.5 Å². The van der Waals surface area contributed by atoms with Crippen LogP contribution < -0.4 is 4.31 Å². The predicted octanol–water partition coefficient (Wildman–Crippen LogP) is 0.151. The van der Waals surface area contributed by atoms with Gasteiger partial charge in [-0.3, -0.25) is 13.9 Å². The lowest BCUT2D eigenvalue weighted by atomic mass is 10.1. The zero-order valence-corrected chi connectivity index (χ0v) is 15.6. The molecule has 8 nitrogen and oxygen atoms in total. The molecule has 10 heteroatoms. The van der Waals surface area contributed by atoms with E-state index >= 15 is 0 Å². The number of hydrogen-bond acceptors (Lipinski definition) is 5. The summed E-state index contributed by atoms with van der Waals surface area (Å²) in [6, 6.07) is 4.67. The highest BCUT2D eigenvalue weighted by atomic mass is 32.2. The normalized spacial score (nSPS) is 27.0. The van der Waals surface area contributed by atoms with Gasteiger partial charge in [0.15, 0.2) is 5.72 Å². The molecule has 3 saturated heterocycles. The van der Waals surface area contributed by atoms with Crippen LogP contribution in [0.25, 0.3) is 0 Å². The molecule has 0 bridgehead atoms. The Morgan fingerprint density at radius 3 is 2.89 bits per heavy atom. The lowest BCUT2D eigenvalue weighted by Gasteiger charge is -2.32. The van der Waals surface area contributed by atoms with E-state index in [0.29, 0.717) is 26.1 Å². The van der Waals surface area contributed by atoms with Crippen LogP contribution in [0.1, 0.15) is 12.8 Å². The van der Waals surface area contributed by atoms with Crippen molar-refractivity contribution in [1.82, 2.24) is 9.80 Å². The highest BCUT2D eigenvalue weighted by Gasteiger charge is 2.62. The van der Waals surface area contributed by atoms with Gasteiger partial charge in [-0.2, -0.15) is 0 Å². The summed E-state index contributed by atoms with van der Waals surface area (Å²) in [5.74, 6) is -1.08. The third-order valence-corrected chi connectivity index (χ3v) is 6.64. The molecule has 1 aromatic rings. The lowest BCUT2D eigenvalue weighted by molar-refractivity contribution is -0.139. The van der Waals surface area contributed by atoms with Crippen LogP contribution >= 0.6 is 0 Å². The quantitative estimate of drug-likeness (QED) is 0.722. The molecule has 2 atom stereocenters. The molecule has 2 amide bonds. The van der Waals surface area contributed by atoms with Crippen LogP contribution in [0.15, 0.2) is 24.3 Å². The number of benzene rings is 1. The first-order valence-corrected chi connectivity index (χ1v) is 10.5. The molecular weight excluding hydrogens is 377 g/mol. The Labute approximate surface area is 156 Å². The summed E-state index contributed by atoms with van der Waals surface area (Å²) in [5, 5.41) is 0. The minimum atomic E-state index is -3.80. The molecule has 27 heavy (non-hydrogen) atoms. The molecule has 1 aromatic carbocycles. The van der Waals surface area contributed by atoms with E-state index in [1.807, 2.05) is 0 Å².